The molecule has 1 aliphatic carbocycles. The van der Waals surface area contributed by atoms with Crippen molar-refractivity contribution in [2.24, 2.45) is 0 Å². The summed E-state index contributed by atoms with van der Waals surface area (Å²) < 4.78 is 1.42. The van der Waals surface area contributed by atoms with Gasteiger partial charge in [0.1, 0.15) is 0 Å². The van der Waals surface area contributed by atoms with Crippen LogP contribution in [0.1, 0.15) is 30.7 Å². The lowest BCUT2D eigenvalue weighted by Crippen LogP contribution is -2.02. The fraction of sp³-hybridized carbons (Fsp3) is 0.333. The van der Waals surface area contributed by atoms with Crippen LogP contribution in [0.3, 0.4) is 0 Å². The summed E-state index contributed by atoms with van der Waals surface area (Å²) in [7, 11) is 0. The Morgan fingerprint density at radius 2 is 2.00 bits per heavy atom. The molecular weight excluding hydrogens is 271 g/mol. The normalized spacial score (nSPS) is 21.8. The standard InChI is InChI=1S/C12H13I/c13-12-9-5-4-8-11(12)10-6-2-1-3-7-10/h1-2,4-5,8-10H,3,6-7H2. The number of hydrogen-bond donors (Lipinski definition) is 0. The summed E-state index contributed by atoms with van der Waals surface area (Å²) in [6.07, 6.45) is 8.40. The third kappa shape index (κ3) is 2.13. The van der Waals surface area contributed by atoms with Gasteiger partial charge in [0.2, 0.25) is 0 Å². The molecule has 0 N–H and O–H groups in total. The van der Waals surface area contributed by atoms with E-state index in [9.17, 15) is 0 Å². The van der Waals surface area contributed by atoms with Crippen molar-refractivity contribution >= 4 is 22.6 Å². The minimum Gasteiger partial charge on any atom is -0.0885 e. The van der Waals surface area contributed by atoms with Crippen LogP contribution in [0.15, 0.2) is 36.4 Å². The lowest BCUT2D eigenvalue weighted by molar-refractivity contribution is 0.614. The molecule has 0 saturated heterocycles. The quantitative estimate of drug-likeness (QED) is 0.537. The Morgan fingerprint density at radius 3 is 2.69 bits per heavy atom. The molecule has 1 unspecified atom stereocenters. The van der Waals surface area contributed by atoms with Crippen LogP contribution in [0.5, 0.6) is 0 Å². The lowest BCUT2D eigenvalue weighted by atomic mass is 9.88. The molecule has 0 heterocycles. The van der Waals surface area contributed by atoms with E-state index in [0.717, 1.165) is 5.92 Å². The molecule has 13 heavy (non-hydrogen) atoms. The highest BCUT2D eigenvalue weighted by Gasteiger charge is 2.13. The molecule has 2 rings (SSSR count). The summed E-state index contributed by atoms with van der Waals surface area (Å²) in [5.41, 5.74) is 1.53. The molecule has 1 aromatic carbocycles. The second kappa shape index (κ2) is 4.27. The van der Waals surface area contributed by atoms with Gasteiger partial charge in [0.05, 0.1) is 0 Å². The van der Waals surface area contributed by atoms with Gasteiger partial charge < -0.3 is 0 Å². The molecular formula is C12H13I. The maximum Gasteiger partial charge on any atom is 0.0165 e. The second-order valence-electron chi connectivity index (χ2n) is 3.50. The molecule has 0 aromatic heterocycles. The van der Waals surface area contributed by atoms with Gasteiger partial charge in [0.25, 0.3) is 0 Å². The van der Waals surface area contributed by atoms with Gasteiger partial charge in [-0.15, -0.1) is 0 Å². The zero-order valence-electron chi connectivity index (χ0n) is 7.54. The van der Waals surface area contributed by atoms with Gasteiger partial charge in [0, 0.05) is 3.57 Å². The van der Waals surface area contributed by atoms with Crippen LogP contribution >= 0.6 is 22.6 Å². The van der Waals surface area contributed by atoms with Gasteiger partial charge in [-0.25, -0.2) is 0 Å². The molecule has 0 saturated carbocycles. The fourth-order valence-corrected chi connectivity index (χ4v) is 2.71. The summed E-state index contributed by atoms with van der Waals surface area (Å²) in [5, 5.41) is 0. The molecule has 1 atom stereocenters. The summed E-state index contributed by atoms with van der Waals surface area (Å²) >= 11 is 2.44. The van der Waals surface area contributed by atoms with Crippen LogP contribution in [0.25, 0.3) is 0 Å². The van der Waals surface area contributed by atoms with E-state index in [-0.39, 0.29) is 0 Å². The summed E-state index contributed by atoms with van der Waals surface area (Å²) in [4.78, 5) is 0. The van der Waals surface area contributed by atoms with Crippen molar-refractivity contribution in [2.75, 3.05) is 0 Å². The lowest BCUT2D eigenvalue weighted by Gasteiger charge is -2.19. The molecule has 0 fully saturated rings. The smallest absolute Gasteiger partial charge is 0.0165 e. The number of halogens is 1. The SMILES string of the molecule is Ic1ccccc1C1CC=CCC1. The molecule has 1 aromatic rings. The third-order valence-electron chi connectivity index (χ3n) is 2.61. The van der Waals surface area contributed by atoms with Gasteiger partial charge in [-0.05, 0) is 59.4 Å². The van der Waals surface area contributed by atoms with Crippen molar-refractivity contribution in [1.29, 1.82) is 0 Å². The molecule has 0 spiro atoms. The van der Waals surface area contributed by atoms with Crippen molar-refractivity contribution in [3.63, 3.8) is 0 Å². The maximum absolute atomic E-state index is 2.44. The van der Waals surface area contributed by atoms with E-state index in [0.29, 0.717) is 0 Å². The predicted molar refractivity (Wildman–Crippen MR) is 64.9 cm³/mol. The van der Waals surface area contributed by atoms with Crippen LogP contribution in [0.4, 0.5) is 0 Å². The summed E-state index contributed by atoms with van der Waals surface area (Å²) in [5.74, 6) is 0.762. The Bertz CT molecular complexity index is 315. The molecule has 0 radical (unpaired) electrons. The molecule has 0 bridgehead atoms. The molecule has 1 heteroatoms. The van der Waals surface area contributed by atoms with Crippen LogP contribution in [-0.4, -0.2) is 0 Å². The largest absolute Gasteiger partial charge is 0.0885 e. The van der Waals surface area contributed by atoms with Gasteiger partial charge in [0.15, 0.2) is 0 Å². The van der Waals surface area contributed by atoms with E-state index in [1.807, 2.05) is 0 Å². The van der Waals surface area contributed by atoms with Gasteiger partial charge in [-0.2, -0.15) is 0 Å². The first-order chi connectivity index (χ1) is 6.38. The Balaban J connectivity index is 2.24. The van der Waals surface area contributed by atoms with E-state index in [4.69, 9.17) is 0 Å². The first-order valence-electron chi connectivity index (χ1n) is 4.77. The minimum absolute atomic E-state index is 0.762. The Morgan fingerprint density at radius 1 is 1.15 bits per heavy atom. The molecule has 68 valence electrons. The Labute approximate surface area is 93.2 Å². The zero-order chi connectivity index (χ0) is 9.10. The zero-order valence-corrected chi connectivity index (χ0v) is 9.70. The van der Waals surface area contributed by atoms with Gasteiger partial charge in [-0.1, -0.05) is 30.4 Å². The van der Waals surface area contributed by atoms with E-state index >= 15 is 0 Å². The van der Waals surface area contributed by atoms with Crippen molar-refractivity contribution in [3.8, 4) is 0 Å². The van der Waals surface area contributed by atoms with E-state index in [1.54, 1.807) is 0 Å². The van der Waals surface area contributed by atoms with Crippen LogP contribution in [0.2, 0.25) is 0 Å². The van der Waals surface area contributed by atoms with E-state index in [1.165, 1.54) is 28.4 Å². The van der Waals surface area contributed by atoms with Crippen LogP contribution in [-0.2, 0) is 0 Å². The van der Waals surface area contributed by atoms with Crippen molar-refractivity contribution < 1.29 is 0 Å². The van der Waals surface area contributed by atoms with Crippen LogP contribution in [0, 0.1) is 3.57 Å². The highest BCUT2D eigenvalue weighted by atomic mass is 127. The number of benzene rings is 1. The topological polar surface area (TPSA) is 0 Å². The molecule has 0 amide bonds. The van der Waals surface area contributed by atoms with Gasteiger partial charge in [-0.3, -0.25) is 0 Å². The van der Waals surface area contributed by atoms with Crippen LogP contribution < -0.4 is 0 Å². The Hall–Kier alpha value is -0.310. The first kappa shape index (κ1) is 9.25. The molecule has 1 aliphatic rings. The first-order valence-corrected chi connectivity index (χ1v) is 5.85. The predicted octanol–water partition coefficient (Wildman–Crippen LogP) is 4.11. The van der Waals surface area contributed by atoms with E-state index in [2.05, 4.69) is 59.0 Å². The summed E-state index contributed by atoms with van der Waals surface area (Å²) in [6, 6.07) is 8.74. The highest BCUT2D eigenvalue weighted by Crippen LogP contribution is 2.31. The third-order valence-corrected chi connectivity index (χ3v) is 3.60. The molecule has 0 nitrogen and oxygen atoms in total. The average molecular weight is 284 g/mol. The number of rotatable bonds is 1. The number of hydrogen-bond acceptors (Lipinski definition) is 0. The van der Waals surface area contributed by atoms with Crippen molar-refractivity contribution in [1.82, 2.24) is 0 Å². The number of allylic oxidation sites excluding steroid dienone is 2. The van der Waals surface area contributed by atoms with Crippen molar-refractivity contribution in [2.45, 2.75) is 25.2 Å². The summed E-state index contributed by atoms with van der Waals surface area (Å²) in [6.45, 7) is 0. The average Bonchev–Trinajstić information content (AvgIpc) is 2.20. The van der Waals surface area contributed by atoms with Crippen molar-refractivity contribution in [3.05, 3.63) is 45.6 Å². The minimum atomic E-state index is 0.762. The maximum atomic E-state index is 2.44. The van der Waals surface area contributed by atoms with E-state index < -0.39 is 0 Å². The Kier molecular flexibility index (Phi) is 3.04. The monoisotopic (exact) mass is 284 g/mol. The van der Waals surface area contributed by atoms with Gasteiger partial charge >= 0.3 is 0 Å². The second-order valence-corrected chi connectivity index (χ2v) is 4.67. The highest BCUT2D eigenvalue weighted by molar-refractivity contribution is 14.1. The molecule has 0 aliphatic heterocycles. The fourth-order valence-electron chi connectivity index (χ4n) is 1.88.